The van der Waals surface area contributed by atoms with Crippen molar-refractivity contribution in [2.75, 3.05) is 0 Å². The molecule has 6 aromatic rings. The molecule has 3 aromatic heterocycles. The minimum atomic E-state index is -4.64. The maximum absolute atomic E-state index is 14.4. The molecular weight excluding hydrogens is 675 g/mol. The summed E-state index contributed by atoms with van der Waals surface area (Å²) >= 11 is 2.95. The van der Waals surface area contributed by atoms with Gasteiger partial charge >= 0.3 is 6.18 Å². The lowest BCUT2D eigenvalue weighted by atomic mass is 9.97. The number of halogens is 4. The first-order chi connectivity index (χ1) is 22.5. The third-order valence-electron chi connectivity index (χ3n) is 8.53. The predicted molar refractivity (Wildman–Crippen MR) is 172 cm³/mol. The van der Waals surface area contributed by atoms with Crippen LogP contribution in [0.5, 0.6) is 0 Å². The van der Waals surface area contributed by atoms with Crippen LogP contribution >= 0.6 is 15.9 Å². The molecule has 1 amide bonds. The molecule has 1 atom stereocenters. The average molecular weight is 703 g/mol. The van der Waals surface area contributed by atoms with Crippen LogP contribution in [-0.4, -0.2) is 45.8 Å². The summed E-state index contributed by atoms with van der Waals surface area (Å²) in [7, 11) is 0. The van der Waals surface area contributed by atoms with E-state index >= 15 is 0 Å². The Hall–Kier alpha value is -5.04. The lowest BCUT2D eigenvalue weighted by molar-refractivity contribution is -0.138. The number of amides is 1. The highest BCUT2D eigenvalue weighted by Gasteiger charge is 2.36. The number of aromatic nitrogens is 6. The van der Waals surface area contributed by atoms with Gasteiger partial charge in [-0.05, 0) is 68.3 Å². The second-order valence-electron chi connectivity index (χ2n) is 11.5. The number of hydrogen-bond donors (Lipinski definition) is 0. The van der Waals surface area contributed by atoms with Gasteiger partial charge in [0, 0.05) is 33.6 Å². The second-order valence-corrected chi connectivity index (χ2v) is 12.4. The van der Waals surface area contributed by atoms with E-state index in [0.717, 1.165) is 28.7 Å². The summed E-state index contributed by atoms with van der Waals surface area (Å²) in [5.41, 5.74) is 3.54. The van der Waals surface area contributed by atoms with Crippen molar-refractivity contribution in [3.05, 3.63) is 139 Å². The summed E-state index contributed by atoms with van der Waals surface area (Å²) in [5.74, 6) is 0.159. The Bertz CT molecular complexity index is 2210. The van der Waals surface area contributed by atoms with Crippen LogP contribution in [0.25, 0.3) is 17.0 Å². The summed E-state index contributed by atoms with van der Waals surface area (Å²) in [6.45, 7) is 3.63. The fourth-order valence-corrected chi connectivity index (χ4v) is 6.64. The van der Waals surface area contributed by atoms with Gasteiger partial charge in [0.25, 0.3) is 11.5 Å². The van der Waals surface area contributed by atoms with E-state index in [1.165, 1.54) is 23.4 Å². The molecule has 1 aliphatic heterocycles. The van der Waals surface area contributed by atoms with Crippen molar-refractivity contribution >= 4 is 27.5 Å². The number of hydrogen-bond acceptors (Lipinski definition) is 5. The normalized spacial score (nSPS) is 14.9. The molecule has 9 nitrogen and oxygen atoms in total. The van der Waals surface area contributed by atoms with Crippen molar-refractivity contribution < 1.29 is 18.0 Å². The zero-order valence-electron chi connectivity index (χ0n) is 25.2. The molecule has 0 spiro atoms. The summed E-state index contributed by atoms with van der Waals surface area (Å²) < 4.78 is 45.9. The van der Waals surface area contributed by atoms with E-state index in [4.69, 9.17) is 5.10 Å². The van der Waals surface area contributed by atoms with Gasteiger partial charge in [0.05, 0.1) is 35.4 Å². The third-order valence-corrected chi connectivity index (χ3v) is 9.22. The quantitative estimate of drug-likeness (QED) is 0.210. The largest absolute Gasteiger partial charge is 0.417 e. The molecule has 0 unspecified atom stereocenters. The Kier molecular flexibility index (Phi) is 7.58. The van der Waals surface area contributed by atoms with Crippen molar-refractivity contribution in [2.45, 2.75) is 45.5 Å². The van der Waals surface area contributed by atoms with E-state index in [2.05, 4.69) is 26.0 Å². The molecule has 13 heteroatoms. The monoisotopic (exact) mass is 701 g/mol. The molecule has 238 valence electrons. The molecule has 0 saturated heterocycles. The minimum absolute atomic E-state index is 0.00367. The van der Waals surface area contributed by atoms with Gasteiger partial charge in [-0.15, -0.1) is 0 Å². The number of benzene rings is 3. The van der Waals surface area contributed by atoms with Crippen LogP contribution in [0.4, 0.5) is 13.2 Å². The van der Waals surface area contributed by atoms with Crippen LogP contribution in [0.2, 0.25) is 0 Å². The lowest BCUT2D eigenvalue weighted by Gasteiger charge is -2.35. The number of fused-ring (bicyclic) bond motifs is 3. The van der Waals surface area contributed by atoms with Crippen molar-refractivity contribution in [2.24, 2.45) is 0 Å². The van der Waals surface area contributed by atoms with E-state index < -0.39 is 23.7 Å². The molecule has 4 heterocycles. The summed E-state index contributed by atoms with van der Waals surface area (Å²) in [6.07, 6.45) is -0.743. The molecule has 0 bridgehead atoms. The average Bonchev–Trinajstić information content (AvgIpc) is 3.67. The number of nitrogens with zero attached hydrogens (tertiary/aromatic N) is 7. The highest BCUT2D eigenvalue weighted by Crippen LogP contribution is 2.36. The molecule has 1 aliphatic rings. The SMILES string of the molecule is Cc1ncnn1-c1ccc(-n2c(=O)c3c(n4ncc(Cc5ccccc5)c24)CN(C(=O)c2ccc(Br)c(C(F)(F)F)c2)[C@@H](C)C3)cc1. The van der Waals surface area contributed by atoms with Crippen LogP contribution in [0.15, 0.2) is 94.6 Å². The van der Waals surface area contributed by atoms with Gasteiger partial charge in [0.15, 0.2) is 0 Å². The van der Waals surface area contributed by atoms with E-state index in [1.54, 1.807) is 26.9 Å². The molecule has 0 saturated carbocycles. The van der Waals surface area contributed by atoms with E-state index in [-0.39, 0.29) is 28.6 Å². The molecule has 47 heavy (non-hydrogen) atoms. The van der Waals surface area contributed by atoms with Gasteiger partial charge in [0.2, 0.25) is 0 Å². The van der Waals surface area contributed by atoms with E-state index in [0.29, 0.717) is 29.0 Å². The third kappa shape index (κ3) is 5.43. The zero-order chi connectivity index (χ0) is 33.0. The Morgan fingerprint density at radius 2 is 1.72 bits per heavy atom. The Labute approximate surface area is 275 Å². The smallest absolute Gasteiger partial charge is 0.330 e. The lowest BCUT2D eigenvalue weighted by Crippen LogP contribution is -2.46. The molecule has 7 rings (SSSR count). The first-order valence-corrected chi connectivity index (χ1v) is 15.6. The number of rotatable bonds is 5. The van der Waals surface area contributed by atoms with E-state index in [9.17, 15) is 22.8 Å². The maximum Gasteiger partial charge on any atom is 0.417 e. The van der Waals surface area contributed by atoms with Gasteiger partial charge in [-0.1, -0.05) is 46.3 Å². The Balaban J connectivity index is 1.36. The van der Waals surface area contributed by atoms with Crippen LogP contribution in [0, 0.1) is 6.92 Å². The van der Waals surface area contributed by atoms with Gasteiger partial charge < -0.3 is 4.90 Å². The van der Waals surface area contributed by atoms with Crippen LogP contribution in [0.1, 0.15) is 51.1 Å². The predicted octanol–water partition coefficient (Wildman–Crippen LogP) is 6.33. The van der Waals surface area contributed by atoms with Crippen molar-refractivity contribution in [3.63, 3.8) is 0 Å². The van der Waals surface area contributed by atoms with Crippen LogP contribution in [-0.2, 0) is 25.6 Å². The maximum atomic E-state index is 14.4. The fourth-order valence-electron chi connectivity index (χ4n) is 6.17. The first-order valence-electron chi connectivity index (χ1n) is 14.8. The minimum Gasteiger partial charge on any atom is -0.330 e. The van der Waals surface area contributed by atoms with Gasteiger partial charge in [0.1, 0.15) is 17.8 Å². The van der Waals surface area contributed by atoms with Gasteiger partial charge in [-0.3, -0.25) is 14.2 Å². The van der Waals surface area contributed by atoms with Gasteiger partial charge in [-0.25, -0.2) is 14.2 Å². The Morgan fingerprint density at radius 1 is 1.00 bits per heavy atom. The van der Waals surface area contributed by atoms with Crippen LogP contribution in [0.3, 0.4) is 0 Å². The standard InChI is InChI=1S/C34H27BrF3N7O2/c1-20-14-27-30(18-42(20)32(46)23-8-13-29(35)28(16-23)34(36,37)38)45-31(24(17-40-45)15-22-6-4-3-5-7-22)43(33(27)47)25-9-11-26(12-10-25)44-21(2)39-19-41-44/h3-13,16-17,19-20H,14-15,18H2,1-2H3/t20-/m0/s1. The number of aryl methyl sites for hydroxylation is 1. The number of alkyl halides is 3. The first kappa shape index (κ1) is 30.6. The zero-order valence-corrected chi connectivity index (χ0v) is 26.8. The summed E-state index contributed by atoms with van der Waals surface area (Å²) in [6, 6.07) is 20.2. The number of carbonyl (C=O) groups is 1. The topological polar surface area (TPSA) is 90.3 Å². The number of carbonyl (C=O) groups excluding carboxylic acids is 1. The molecular formula is C34H27BrF3N7O2. The van der Waals surface area contributed by atoms with Gasteiger partial charge in [-0.2, -0.15) is 23.4 Å². The van der Waals surface area contributed by atoms with E-state index in [1.807, 2.05) is 61.5 Å². The summed E-state index contributed by atoms with van der Waals surface area (Å²) in [4.78, 5) is 33.9. The highest BCUT2D eigenvalue weighted by molar-refractivity contribution is 9.10. The molecule has 3 aromatic carbocycles. The molecule has 0 aliphatic carbocycles. The van der Waals surface area contributed by atoms with Crippen molar-refractivity contribution in [1.29, 1.82) is 0 Å². The molecule has 0 fully saturated rings. The Morgan fingerprint density at radius 3 is 2.40 bits per heavy atom. The van der Waals surface area contributed by atoms with Crippen LogP contribution < -0.4 is 5.56 Å². The van der Waals surface area contributed by atoms with Crippen molar-refractivity contribution in [1.82, 2.24) is 33.8 Å². The summed E-state index contributed by atoms with van der Waals surface area (Å²) in [5, 5.41) is 8.99. The van der Waals surface area contributed by atoms with Crippen molar-refractivity contribution in [3.8, 4) is 11.4 Å². The highest BCUT2D eigenvalue weighted by atomic mass is 79.9. The fraction of sp³-hybridized carbons (Fsp3) is 0.206. The molecule has 0 radical (unpaired) electrons. The second kappa shape index (κ2) is 11.6. The molecule has 0 N–H and O–H groups in total.